The molecule has 1 heterocycles. The van der Waals surface area contributed by atoms with Gasteiger partial charge >= 0.3 is 0 Å². The average molecular weight is 355 g/mol. The molecule has 1 unspecified atom stereocenters. The van der Waals surface area contributed by atoms with Gasteiger partial charge in [-0.15, -0.1) is 12.4 Å². The second kappa shape index (κ2) is 8.70. The molecule has 0 radical (unpaired) electrons. The number of hydrogen-bond acceptors (Lipinski definition) is 4. The first kappa shape index (κ1) is 19.0. The molecule has 2 N–H and O–H groups in total. The lowest BCUT2D eigenvalue weighted by Crippen LogP contribution is -2.53. The second-order valence-electron chi connectivity index (χ2n) is 6.52. The molecule has 0 spiro atoms. The molecule has 6 heteroatoms. The van der Waals surface area contributed by atoms with Crippen LogP contribution in [0.4, 0.5) is 0 Å². The van der Waals surface area contributed by atoms with Crippen molar-refractivity contribution in [2.24, 2.45) is 0 Å². The van der Waals surface area contributed by atoms with Crippen molar-refractivity contribution in [3.8, 4) is 5.75 Å². The maximum atomic E-state index is 12.4. The highest BCUT2D eigenvalue weighted by molar-refractivity contribution is 5.85. The summed E-state index contributed by atoms with van der Waals surface area (Å²) >= 11 is 0. The molecular formula is C18H27ClN2O3. The third-order valence-electron chi connectivity index (χ3n) is 5.08. The highest BCUT2D eigenvalue weighted by atomic mass is 35.5. The number of morpholine rings is 1. The van der Waals surface area contributed by atoms with Gasteiger partial charge in [0.1, 0.15) is 11.8 Å². The molecule has 2 aliphatic rings. The van der Waals surface area contributed by atoms with Crippen LogP contribution in [-0.4, -0.2) is 45.4 Å². The van der Waals surface area contributed by atoms with E-state index in [0.717, 1.165) is 25.1 Å². The van der Waals surface area contributed by atoms with Crippen LogP contribution in [0.15, 0.2) is 24.3 Å². The third-order valence-corrected chi connectivity index (χ3v) is 5.08. The van der Waals surface area contributed by atoms with E-state index in [9.17, 15) is 4.79 Å². The monoisotopic (exact) mass is 354 g/mol. The Balaban J connectivity index is 0.00000208. The third kappa shape index (κ3) is 4.21. The minimum atomic E-state index is -0.229. The molecule has 24 heavy (non-hydrogen) atoms. The van der Waals surface area contributed by atoms with E-state index in [1.807, 2.05) is 12.1 Å². The van der Waals surface area contributed by atoms with Crippen molar-refractivity contribution in [1.82, 2.24) is 10.6 Å². The summed E-state index contributed by atoms with van der Waals surface area (Å²) in [6, 6.07) is 8.04. The standard InChI is InChI=1S/C18H26N2O3.ClH/c1-22-15-6-4-5-14(11-15)18(7-2-3-8-18)13-20-17(21)16-12-23-10-9-19-16;/h4-6,11,16,19H,2-3,7-10,12-13H2,1H3,(H,20,21);1H. The Labute approximate surface area is 149 Å². The van der Waals surface area contributed by atoms with E-state index in [2.05, 4.69) is 22.8 Å². The molecule has 0 aromatic heterocycles. The largest absolute Gasteiger partial charge is 0.497 e. The number of amides is 1. The van der Waals surface area contributed by atoms with Gasteiger partial charge in [-0.3, -0.25) is 4.79 Å². The van der Waals surface area contributed by atoms with E-state index in [0.29, 0.717) is 19.8 Å². The van der Waals surface area contributed by atoms with E-state index in [1.54, 1.807) is 7.11 Å². The number of carbonyl (C=O) groups is 1. The molecular weight excluding hydrogens is 328 g/mol. The van der Waals surface area contributed by atoms with Gasteiger partial charge < -0.3 is 20.1 Å². The molecule has 2 fully saturated rings. The Hall–Kier alpha value is -1.30. The fraction of sp³-hybridized carbons (Fsp3) is 0.611. The topological polar surface area (TPSA) is 59.6 Å². The van der Waals surface area contributed by atoms with Crippen molar-refractivity contribution in [2.75, 3.05) is 33.4 Å². The summed E-state index contributed by atoms with van der Waals surface area (Å²) in [6.45, 7) is 2.55. The first-order valence-electron chi connectivity index (χ1n) is 8.47. The molecule has 3 rings (SSSR count). The minimum absolute atomic E-state index is 0. The molecule has 134 valence electrons. The highest BCUT2D eigenvalue weighted by Gasteiger charge is 2.36. The molecule has 1 saturated carbocycles. The molecule has 1 aromatic carbocycles. The number of benzene rings is 1. The maximum absolute atomic E-state index is 12.4. The number of halogens is 1. The number of rotatable bonds is 5. The van der Waals surface area contributed by atoms with E-state index >= 15 is 0 Å². The van der Waals surface area contributed by atoms with Gasteiger partial charge in [0.25, 0.3) is 0 Å². The first-order valence-corrected chi connectivity index (χ1v) is 8.47. The number of hydrogen-bond donors (Lipinski definition) is 2. The number of carbonyl (C=O) groups excluding carboxylic acids is 1. The predicted octanol–water partition coefficient (Wildman–Crippen LogP) is 2.03. The van der Waals surface area contributed by atoms with Crippen LogP contribution in [0.5, 0.6) is 5.75 Å². The average Bonchev–Trinajstić information content (AvgIpc) is 3.11. The van der Waals surface area contributed by atoms with Crippen LogP contribution in [0.2, 0.25) is 0 Å². The van der Waals surface area contributed by atoms with Crippen LogP contribution >= 0.6 is 12.4 Å². The number of nitrogens with one attached hydrogen (secondary N) is 2. The zero-order valence-corrected chi connectivity index (χ0v) is 15.0. The predicted molar refractivity (Wildman–Crippen MR) is 96.0 cm³/mol. The maximum Gasteiger partial charge on any atom is 0.239 e. The zero-order valence-electron chi connectivity index (χ0n) is 14.2. The summed E-state index contributed by atoms with van der Waals surface area (Å²) in [7, 11) is 1.69. The lowest BCUT2D eigenvalue weighted by molar-refractivity contribution is -0.126. The van der Waals surface area contributed by atoms with Gasteiger partial charge in [0, 0.05) is 18.5 Å². The number of methoxy groups -OCH3 is 1. The summed E-state index contributed by atoms with van der Waals surface area (Å²) in [6.07, 6.45) is 4.62. The summed E-state index contributed by atoms with van der Waals surface area (Å²) in [5.41, 5.74) is 1.29. The van der Waals surface area contributed by atoms with Gasteiger partial charge in [-0.05, 0) is 30.5 Å². The molecule has 1 aliphatic heterocycles. The van der Waals surface area contributed by atoms with Crippen molar-refractivity contribution < 1.29 is 14.3 Å². The van der Waals surface area contributed by atoms with Gasteiger partial charge in [0.2, 0.25) is 5.91 Å². The van der Waals surface area contributed by atoms with Crippen LogP contribution in [-0.2, 0) is 14.9 Å². The summed E-state index contributed by atoms with van der Waals surface area (Å²) < 4.78 is 10.7. The van der Waals surface area contributed by atoms with Crippen molar-refractivity contribution in [1.29, 1.82) is 0 Å². The number of ether oxygens (including phenoxy) is 2. The van der Waals surface area contributed by atoms with Crippen LogP contribution in [0.25, 0.3) is 0 Å². The Morgan fingerprint density at radius 3 is 2.88 bits per heavy atom. The van der Waals surface area contributed by atoms with Crippen LogP contribution in [0.1, 0.15) is 31.2 Å². The molecule has 1 aromatic rings. The van der Waals surface area contributed by atoms with Gasteiger partial charge in [-0.2, -0.15) is 0 Å². The molecule has 1 atom stereocenters. The van der Waals surface area contributed by atoms with Gasteiger partial charge in [0.05, 0.1) is 20.3 Å². The molecule has 1 aliphatic carbocycles. The van der Waals surface area contributed by atoms with E-state index in [1.165, 1.54) is 18.4 Å². The van der Waals surface area contributed by atoms with Crippen LogP contribution in [0.3, 0.4) is 0 Å². The normalized spacial score (nSPS) is 22.5. The van der Waals surface area contributed by atoms with Crippen LogP contribution < -0.4 is 15.4 Å². The molecule has 1 amide bonds. The summed E-state index contributed by atoms with van der Waals surface area (Å²) in [5.74, 6) is 0.918. The van der Waals surface area contributed by atoms with Crippen molar-refractivity contribution in [3.05, 3.63) is 29.8 Å². The fourth-order valence-electron chi connectivity index (χ4n) is 3.69. The Morgan fingerprint density at radius 2 is 2.21 bits per heavy atom. The quantitative estimate of drug-likeness (QED) is 0.849. The van der Waals surface area contributed by atoms with E-state index in [-0.39, 0.29) is 29.8 Å². The molecule has 5 nitrogen and oxygen atoms in total. The lowest BCUT2D eigenvalue weighted by Gasteiger charge is -2.31. The van der Waals surface area contributed by atoms with Gasteiger partial charge in [-0.25, -0.2) is 0 Å². The SMILES string of the molecule is COc1cccc(C2(CNC(=O)C3COCCN3)CCCC2)c1.Cl. The first-order chi connectivity index (χ1) is 11.2. The Kier molecular flexibility index (Phi) is 6.90. The summed E-state index contributed by atoms with van der Waals surface area (Å²) in [5, 5.41) is 6.36. The van der Waals surface area contributed by atoms with E-state index in [4.69, 9.17) is 9.47 Å². The zero-order chi connectivity index (χ0) is 16.1. The molecule has 0 bridgehead atoms. The van der Waals surface area contributed by atoms with Gasteiger partial charge in [-0.1, -0.05) is 25.0 Å². The second-order valence-corrected chi connectivity index (χ2v) is 6.52. The minimum Gasteiger partial charge on any atom is -0.497 e. The van der Waals surface area contributed by atoms with Crippen LogP contribution in [0, 0.1) is 0 Å². The smallest absolute Gasteiger partial charge is 0.239 e. The Morgan fingerprint density at radius 1 is 1.42 bits per heavy atom. The van der Waals surface area contributed by atoms with Crippen molar-refractivity contribution in [3.63, 3.8) is 0 Å². The summed E-state index contributed by atoms with van der Waals surface area (Å²) in [4.78, 5) is 12.4. The van der Waals surface area contributed by atoms with Crippen molar-refractivity contribution in [2.45, 2.75) is 37.1 Å². The van der Waals surface area contributed by atoms with Crippen molar-refractivity contribution >= 4 is 18.3 Å². The van der Waals surface area contributed by atoms with E-state index < -0.39 is 0 Å². The van der Waals surface area contributed by atoms with Gasteiger partial charge in [0.15, 0.2) is 0 Å². The highest BCUT2D eigenvalue weighted by Crippen LogP contribution is 2.41. The molecule has 1 saturated heterocycles. The Bertz CT molecular complexity index is 541. The lowest BCUT2D eigenvalue weighted by atomic mass is 9.78. The fourth-order valence-corrected chi connectivity index (χ4v) is 3.69.